The Morgan fingerprint density at radius 2 is 1.93 bits per heavy atom. The number of hydrogen-bond acceptors (Lipinski definition) is 7. The van der Waals surface area contributed by atoms with E-state index in [2.05, 4.69) is 25.3 Å². The van der Waals surface area contributed by atoms with Crippen LogP contribution in [-0.4, -0.2) is 43.2 Å². The Bertz CT molecular complexity index is 1040. The molecular formula is C20H22ClN7O2. The molecule has 1 aromatic carbocycles. The van der Waals surface area contributed by atoms with Gasteiger partial charge in [-0.3, -0.25) is 0 Å². The van der Waals surface area contributed by atoms with E-state index in [-0.39, 0.29) is 23.9 Å². The molecule has 2 aromatic heterocycles. The smallest absolute Gasteiger partial charge is 0.417 e. The highest BCUT2D eigenvalue weighted by atomic mass is 35.5. The van der Waals surface area contributed by atoms with Crippen LogP contribution in [-0.2, 0) is 4.74 Å². The van der Waals surface area contributed by atoms with Gasteiger partial charge in [-0.15, -0.1) is 0 Å². The molecule has 10 heteroatoms. The molecule has 1 fully saturated rings. The van der Waals surface area contributed by atoms with Crippen molar-refractivity contribution in [2.24, 2.45) is 5.92 Å². The van der Waals surface area contributed by atoms with Crippen LogP contribution < -0.4 is 10.2 Å². The van der Waals surface area contributed by atoms with E-state index in [0.717, 1.165) is 11.4 Å². The van der Waals surface area contributed by atoms with Gasteiger partial charge >= 0.3 is 6.09 Å². The first-order valence-electron chi connectivity index (χ1n) is 9.63. The van der Waals surface area contributed by atoms with E-state index in [0.29, 0.717) is 17.6 Å². The average molecular weight is 428 g/mol. The minimum absolute atomic E-state index is 0.111. The molecule has 0 spiro atoms. The SMILES string of the molecule is CC(Nc1ncnc(N2C(=O)OC[C@@H]2C(C)C)n1)c1cn(-c2ccc(Cl)cc2)cn1. The van der Waals surface area contributed by atoms with Gasteiger partial charge in [-0.1, -0.05) is 25.4 Å². The van der Waals surface area contributed by atoms with Crippen molar-refractivity contribution in [1.29, 1.82) is 0 Å². The Labute approximate surface area is 179 Å². The first kappa shape index (κ1) is 20.1. The third kappa shape index (κ3) is 4.06. The van der Waals surface area contributed by atoms with E-state index in [1.165, 1.54) is 11.2 Å². The number of carbonyl (C=O) groups is 1. The molecule has 3 heterocycles. The number of nitrogens with one attached hydrogen (secondary N) is 1. The third-order valence-electron chi connectivity index (χ3n) is 4.97. The number of rotatable bonds is 6. The van der Waals surface area contributed by atoms with Crippen molar-refractivity contribution in [3.8, 4) is 5.69 Å². The molecule has 4 rings (SSSR count). The van der Waals surface area contributed by atoms with Crippen molar-refractivity contribution in [1.82, 2.24) is 24.5 Å². The average Bonchev–Trinajstić information content (AvgIpc) is 3.36. The van der Waals surface area contributed by atoms with Crippen molar-refractivity contribution in [3.63, 3.8) is 0 Å². The number of hydrogen-bond donors (Lipinski definition) is 1. The lowest BCUT2D eigenvalue weighted by molar-refractivity contribution is 0.177. The monoisotopic (exact) mass is 427 g/mol. The van der Waals surface area contributed by atoms with E-state index in [1.807, 2.05) is 55.8 Å². The fourth-order valence-electron chi connectivity index (χ4n) is 3.21. The van der Waals surface area contributed by atoms with Crippen molar-refractivity contribution < 1.29 is 9.53 Å². The van der Waals surface area contributed by atoms with Crippen LogP contribution in [0.3, 0.4) is 0 Å². The summed E-state index contributed by atoms with van der Waals surface area (Å²) in [5.74, 6) is 0.837. The summed E-state index contributed by atoms with van der Waals surface area (Å²) in [6.45, 7) is 6.33. The van der Waals surface area contributed by atoms with Gasteiger partial charge in [0.25, 0.3) is 0 Å². The van der Waals surface area contributed by atoms with Gasteiger partial charge in [-0.05, 0) is 37.1 Å². The maximum atomic E-state index is 12.2. The molecule has 1 aliphatic heterocycles. The topological polar surface area (TPSA) is 98.1 Å². The summed E-state index contributed by atoms with van der Waals surface area (Å²) in [5, 5.41) is 3.90. The minimum Gasteiger partial charge on any atom is -0.447 e. The first-order valence-corrected chi connectivity index (χ1v) is 10.0. The van der Waals surface area contributed by atoms with Crippen molar-refractivity contribution >= 4 is 29.6 Å². The second kappa shape index (κ2) is 8.27. The molecule has 3 aromatic rings. The number of anilines is 2. The summed E-state index contributed by atoms with van der Waals surface area (Å²) >= 11 is 5.95. The van der Waals surface area contributed by atoms with E-state index < -0.39 is 6.09 Å². The summed E-state index contributed by atoms with van der Waals surface area (Å²) in [5.41, 5.74) is 1.77. The molecule has 1 unspecified atom stereocenters. The zero-order valence-corrected chi connectivity index (χ0v) is 17.6. The van der Waals surface area contributed by atoms with Crippen LogP contribution in [0.4, 0.5) is 16.7 Å². The second-order valence-electron chi connectivity index (χ2n) is 7.42. The van der Waals surface area contributed by atoms with Crippen LogP contribution in [0.2, 0.25) is 5.02 Å². The van der Waals surface area contributed by atoms with E-state index in [1.54, 1.807) is 6.33 Å². The molecule has 0 aliphatic carbocycles. The molecule has 30 heavy (non-hydrogen) atoms. The molecule has 0 saturated carbocycles. The summed E-state index contributed by atoms with van der Waals surface area (Å²) in [6, 6.07) is 7.23. The van der Waals surface area contributed by atoms with Gasteiger partial charge in [0.1, 0.15) is 12.9 Å². The molecule has 156 valence electrons. The van der Waals surface area contributed by atoms with Crippen LogP contribution in [0.5, 0.6) is 0 Å². The fraction of sp³-hybridized carbons (Fsp3) is 0.350. The summed E-state index contributed by atoms with van der Waals surface area (Å²) in [6.07, 6.45) is 4.60. The lowest BCUT2D eigenvalue weighted by atomic mass is 10.1. The predicted molar refractivity (Wildman–Crippen MR) is 113 cm³/mol. The highest BCUT2D eigenvalue weighted by molar-refractivity contribution is 6.30. The molecule has 1 N–H and O–H groups in total. The lowest BCUT2D eigenvalue weighted by Gasteiger charge is -2.22. The van der Waals surface area contributed by atoms with E-state index in [4.69, 9.17) is 16.3 Å². The van der Waals surface area contributed by atoms with Gasteiger partial charge in [0, 0.05) is 16.9 Å². The standard InChI is InChI=1S/C20H22ClN7O2/c1-12(2)17-9-30-20(29)28(17)19-23-10-22-18(26-19)25-13(3)16-8-27(11-24-16)15-6-4-14(21)5-7-15/h4-8,10-13,17H,9H2,1-3H3,(H,22,23,25,26)/t13?,17-/m1/s1. The Morgan fingerprint density at radius 1 is 1.17 bits per heavy atom. The number of imidazole rings is 1. The van der Waals surface area contributed by atoms with Gasteiger partial charge in [0.15, 0.2) is 0 Å². The van der Waals surface area contributed by atoms with Gasteiger partial charge in [0.2, 0.25) is 11.9 Å². The fourth-order valence-corrected chi connectivity index (χ4v) is 3.34. The Hall–Kier alpha value is -3.20. The number of amides is 1. The molecule has 1 aliphatic rings. The van der Waals surface area contributed by atoms with Gasteiger partial charge in [0.05, 0.1) is 24.1 Å². The predicted octanol–water partition coefficient (Wildman–Crippen LogP) is 3.87. The maximum absolute atomic E-state index is 12.2. The molecule has 1 amide bonds. The van der Waals surface area contributed by atoms with Crippen LogP contribution in [0, 0.1) is 5.92 Å². The Morgan fingerprint density at radius 3 is 2.67 bits per heavy atom. The highest BCUT2D eigenvalue weighted by Crippen LogP contribution is 2.25. The Balaban J connectivity index is 1.50. The van der Waals surface area contributed by atoms with Gasteiger partial charge in [-0.2, -0.15) is 4.98 Å². The molecule has 2 atom stereocenters. The first-order chi connectivity index (χ1) is 14.4. The van der Waals surface area contributed by atoms with Crippen LogP contribution in [0.25, 0.3) is 5.69 Å². The zero-order chi connectivity index (χ0) is 21.3. The number of halogens is 1. The van der Waals surface area contributed by atoms with Crippen LogP contribution in [0.15, 0.2) is 43.1 Å². The molecule has 0 radical (unpaired) electrons. The third-order valence-corrected chi connectivity index (χ3v) is 5.22. The number of carbonyl (C=O) groups excluding carboxylic acids is 1. The number of aromatic nitrogens is 5. The minimum atomic E-state index is -0.444. The van der Waals surface area contributed by atoms with Gasteiger partial charge < -0.3 is 14.6 Å². The van der Waals surface area contributed by atoms with Crippen LogP contribution >= 0.6 is 11.6 Å². The second-order valence-corrected chi connectivity index (χ2v) is 7.85. The number of cyclic esters (lactones) is 1. The lowest BCUT2D eigenvalue weighted by Crippen LogP contribution is -2.38. The highest BCUT2D eigenvalue weighted by Gasteiger charge is 2.38. The molecular weight excluding hydrogens is 406 g/mol. The van der Waals surface area contributed by atoms with Crippen molar-refractivity contribution in [3.05, 3.63) is 53.8 Å². The van der Waals surface area contributed by atoms with Crippen LogP contribution in [0.1, 0.15) is 32.5 Å². The molecule has 9 nitrogen and oxygen atoms in total. The van der Waals surface area contributed by atoms with E-state index in [9.17, 15) is 4.79 Å². The maximum Gasteiger partial charge on any atom is 0.417 e. The summed E-state index contributed by atoms with van der Waals surface area (Å²) in [4.78, 5) is 30.9. The molecule has 0 bridgehead atoms. The van der Waals surface area contributed by atoms with Crippen molar-refractivity contribution in [2.45, 2.75) is 32.9 Å². The number of nitrogens with zero attached hydrogens (tertiary/aromatic N) is 6. The number of benzene rings is 1. The quantitative estimate of drug-likeness (QED) is 0.637. The van der Waals surface area contributed by atoms with E-state index >= 15 is 0 Å². The van der Waals surface area contributed by atoms with Gasteiger partial charge in [-0.25, -0.2) is 24.6 Å². The number of ether oxygens (including phenoxy) is 1. The summed E-state index contributed by atoms with van der Waals surface area (Å²) in [7, 11) is 0. The summed E-state index contributed by atoms with van der Waals surface area (Å²) < 4.78 is 7.09. The normalized spacial score (nSPS) is 17.3. The van der Waals surface area contributed by atoms with Crippen molar-refractivity contribution in [2.75, 3.05) is 16.8 Å². The largest absolute Gasteiger partial charge is 0.447 e. The zero-order valence-electron chi connectivity index (χ0n) is 16.9. The molecule has 1 saturated heterocycles. The Kier molecular flexibility index (Phi) is 5.54.